The van der Waals surface area contributed by atoms with E-state index in [0.717, 1.165) is 5.56 Å². The van der Waals surface area contributed by atoms with Crippen molar-refractivity contribution in [3.05, 3.63) is 94.0 Å². The normalized spacial score (nSPS) is 17.4. The molecule has 3 aromatic carbocycles. The molecule has 186 valence electrons. The van der Waals surface area contributed by atoms with Gasteiger partial charge in [0.1, 0.15) is 17.3 Å². The van der Waals surface area contributed by atoms with E-state index in [1.54, 1.807) is 24.3 Å². The Morgan fingerprint density at radius 3 is 2.08 bits per heavy atom. The smallest absolute Gasteiger partial charge is 0.300 e. The summed E-state index contributed by atoms with van der Waals surface area (Å²) in [7, 11) is 2.88. The quantitative estimate of drug-likeness (QED) is 0.251. The number of ketones is 1. The molecule has 0 bridgehead atoms. The molecule has 3 aromatic rings. The highest BCUT2D eigenvalue weighted by atomic mass is 35.5. The number of halogens is 1. The average molecular weight is 506 g/mol. The van der Waals surface area contributed by atoms with E-state index in [-0.39, 0.29) is 33.1 Å². The number of hydrogen-bond acceptors (Lipinski definition) is 5. The first-order chi connectivity index (χ1) is 17.1. The summed E-state index contributed by atoms with van der Waals surface area (Å²) < 4.78 is 10.7. The molecule has 0 aromatic heterocycles. The van der Waals surface area contributed by atoms with E-state index >= 15 is 0 Å². The van der Waals surface area contributed by atoms with Gasteiger partial charge in [-0.05, 0) is 34.7 Å². The van der Waals surface area contributed by atoms with Gasteiger partial charge >= 0.3 is 0 Å². The number of aliphatic hydroxyl groups is 1. The van der Waals surface area contributed by atoms with Gasteiger partial charge in [-0.25, -0.2) is 0 Å². The minimum absolute atomic E-state index is 0.0463. The van der Waals surface area contributed by atoms with Crippen LogP contribution in [-0.2, 0) is 15.0 Å². The summed E-state index contributed by atoms with van der Waals surface area (Å²) in [4.78, 5) is 28.2. The van der Waals surface area contributed by atoms with Crippen molar-refractivity contribution in [1.29, 1.82) is 0 Å². The number of carbonyl (C=O) groups excluding carboxylic acids is 2. The van der Waals surface area contributed by atoms with Crippen LogP contribution in [-0.4, -0.2) is 31.0 Å². The molecule has 1 aliphatic rings. The summed E-state index contributed by atoms with van der Waals surface area (Å²) in [5.74, 6) is -1.36. The number of Topliss-reactive ketones (excluding diaryl/α,β-unsaturated/α-hetero) is 1. The third-order valence-electron chi connectivity index (χ3n) is 6.30. The van der Waals surface area contributed by atoms with Gasteiger partial charge in [-0.3, -0.25) is 14.5 Å². The number of carbonyl (C=O) groups is 2. The Morgan fingerprint density at radius 1 is 0.917 bits per heavy atom. The fourth-order valence-electron chi connectivity index (χ4n) is 4.36. The average Bonchev–Trinajstić information content (AvgIpc) is 3.13. The molecule has 1 aliphatic heterocycles. The Bertz CT molecular complexity index is 1340. The molecule has 0 radical (unpaired) electrons. The Kier molecular flexibility index (Phi) is 6.83. The number of anilines is 1. The lowest BCUT2D eigenvalue weighted by Gasteiger charge is -2.26. The second-order valence-corrected chi connectivity index (χ2v) is 9.97. The molecule has 1 heterocycles. The van der Waals surface area contributed by atoms with Gasteiger partial charge in [-0.1, -0.05) is 74.8 Å². The molecule has 1 N–H and O–H groups in total. The molecule has 0 aliphatic carbocycles. The predicted molar refractivity (Wildman–Crippen MR) is 141 cm³/mol. The highest BCUT2D eigenvalue weighted by Crippen LogP contribution is 2.45. The fraction of sp³-hybridized carbons (Fsp3) is 0.241. The van der Waals surface area contributed by atoms with Crippen LogP contribution >= 0.6 is 11.6 Å². The van der Waals surface area contributed by atoms with E-state index < -0.39 is 17.7 Å². The minimum atomic E-state index is -0.854. The van der Waals surface area contributed by atoms with E-state index in [4.69, 9.17) is 21.1 Å². The third kappa shape index (κ3) is 4.44. The molecular formula is C29H28ClNO5. The van der Waals surface area contributed by atoms with Gasteiger partial charge in [0.25, 0.3) is 11.7 Å². The van der Waals surface area contributed by atoms with E-state index in [1.807, 2.05) is 30.3 Å². The summed E-state index contributed by atoms with van der Waals surface area (Å²) >= 11 is 6.24. The molecule has 1 saturated heterocycles. The second kappa shape index (κ2) is 9.70. The van der Waals surface area contributed by atoms with Crippen LogP contribution in [0.4, 0.5) is 5.69 Å². The van der Waals surface area contributed by atoms with Crippen molar-refractivity contribution in [2.75, 3.05) is 19.1 Å². The fourth-order valence-corrected chi connectivity index (χ4v) is 4.59. The number of benzene rings is 3. The van der Waals surface area contributed by atoms with Gasteiger partial charge in [0.05, 0.1) is 36.4 Å². The van der Waals surface area contributed by atoms with E-state index in [0.29, 0.717) is 17.0 Å². The maximum Gasteiger partial charge on any atom is 0.300 e. The van der Waals surface area contributed by atoms with E-state index in [1.165, 1.54) is 31.3 Å². The van der Waals surface area contributed by atoms with Crippen molar-refractivity contribution in [2.24, 2.45) is 0 Å². The second-order valence-electron chi connectivity index (χ2n) is 9.56. The summed E-state index contributed by atoms with van der Waals surface area (Å²) in [5.41, 5.74) is 2.41. The van der Waals surface area contributed by atoms with Crippen LogP contribution in [0.25, 0.3) is 5.76 Å². The van der Waals surface area contributed by atoms with Gasteiger partial charge in [0.2, 0.25) is 0 Å². The van der Waals surface area contributed by atoms with Crippen molar-refractivity contribution in [3.8, 4) is 11.5 Å². The molecule has 36 heavy (non-hydrogen) atoms. The van der Waals surface area contributed by atoms with Crippen molar-refractivity contribution in [1.82, 2.24) is 0 Å². The van der Waals surface area contributed by atoms with Crippen molar-refractivity contribution >= 4 is 34.7 Å². The summed E-state index contributed by atoms with van der Waals surface area (Å²) in [5, 5.41) is 11.8. The first-order valence-electron chi connectivity index (χ1n) is 11.5. The maximum absolute atomic E-state index is 13.4. The Balaban J connectivity index is 1.98. The summed E-state index contributed by atoms with van der Waals surface area (Å²) in [6.45, 7) is 6.33. The minimum Gasteiger partial charge on any atom is -0.507 e. The number of aliphatic hydroxyl groups excluding tert-OH is 1. The van der Waals surface area contributed by atoms with Crippen molar-refractivity contribution in [2.45, 2.75) is 32.2 Å². The van der Waals surface area contributed by atoms with Crippen LogP contribution in [0.2, 0.25) is 5.02 Å². The first-order valence-corrected chi connectivity index (χ1v) is 11.8. The number of para-hydroxylation sites is 1. The molecule has 0 spiro atoms. The molecule has 1 fully saturated rings. The lowest BCUT2D eigenvalue weighted by atomic mass is 9.85. The van der Waals surface area contributed by atoms with E-state index in [2.05, 4.69) is 20.8 Å². The number of rotatable bonds is 5. The van der Waals surface area contributed by atoms with Crippen LogP contribution in [0, 0.1) is 0 Å². The Hall–Kier alpha value is -3.77. The van der Waals surface area contributed by atoms with Crippen LogP contribution < -0.4 is 14.4 Å². The van der Waals surface area contributed by atoms with E-state index in [9.17, 15) is 14.7 Å². The molecule has 1 atom stereocenters. The number of hydrogen-bond donors (Lipinski definition) is 1. The predicted octanol–water partition coefficient (Wildman–Crippen LogP) is 6.28. The first kappa shape index (κ1) is 25.3. The SMILES string of the molecule is COc1cc(/C(O)=C2\C(=O)C(=O)N(c3ccccc3)C2c2ccc(C(C)(C)C)cc2)c(OC)cc1Cl. The molecule has 1 unspecified atom stereocenters. The molecule has 4 rings (SSSR count). The number of methoxy groups -OCH3 is 2. The molecule has 0 saturated carbocycles. The van der Waals surface area contributed by atoms with Crippen LogP contribution in [0.1, 0.15) is 43.5 Å². The third-order valence-corrected chi connectivity index (χ3v) is 6.60. The van der Waals surface area contributed by atoms with Crippen molar-refractivity contribution < 1.29 is 24.2 Å². The monoisotopic (exact) mass is 505 g/mol. The zero-order valence-electron chi connectivity index (χ0n) is 20.8. The largest absolute Gasteiger partial charge is 0.507 e. The molecule has 7 heteroatoms. The highest BCUT2D eigenvalue weighted by Gasteiger charge is 2.47. The summed E-state index contributed by atoms with van der Waals surface area (Å²) in [6.07, 6.45) is 0. The topological polar surface area (TPSA) is 76.1 Å². The molecule has 1 amide bonds. The number of nitrogens with zero attached hydrogens (tertiary/aromatic N) is 1. The van der Waals surface area contributed by atoms with Gasteiger partial charge in [-0.15, -0.1) is 0 Å². The molecular weight excluding hydrogens is 478 g/mol. The van der Waals surface area contributed by atoms with Gasteiger partial charge in [-0.2, -0.15) is 0 Å². The number of amides is 1. The van der Waals surface area contributed by atoms with Crippen LogP contribution in [0.5, 0.6) is 11.5 Å². The van der Waals surface area contributed by atoms with Crippen molar-refractivity contribution in [3.63, 3.8) is 0 Å². The number of ether oxygens (including phenoxy) is 2. The summed E-state index contributed by atoms with van der Waals surface area (Å²) in [6, 6.07) is 18.8. The highest BCUT2D eigenvalue weighted by molar-refractivity contribution is 6.51. The zero-order valence-corrected chi connectivity index (χ0v) is 21.6. The van der Waals surface area contributed by atoms with Crippen LogP contribution in [0.15, 0.2) is 72.3 Å². The van der Waals surface area contributed by atoms with Gasteiger partial charge < -0.3 is 14.6 Å². The lowest BCUT2D eigenvalue weighted by molar-refractivity contribution is -0.132. The Morgan fingerprint density at radius 2 is 1.53 bits per heavy atom. The molecule has 6 nitrogen and oxygen atoms in total. The van der Waals surface area contributed by atoms with Gasteiger partial charge in [0, 0.05) is 11.8 Å². The Labute approximate surface area is 215 Å². The lowest BCUT2D eigenvalue weighted by Crippen LogP contribution is -2.29. The zero-order chi connectivity index (χ0) is 26.2. The van der Waals surface area contributed by atoms with Crippen LogP contribution in [0.3, 0.4) is 0 Å². The standard InChI is InChI=1S/C29H28ClNO5/c1-29(2,3)18-13-11-17(12-14-18)25-24(27(33)28(34)31(25)19-9-7-6-8-10-19)26(32)20-15-23(36-5)21(30)16-22(20)35-4/h6-16,25,32H,1-5H3/b26-24+. The maximum atomic E-state index is 13.4. The van der Waals surface area contributed by atoms with Gasteiger partial charge in [0.15, 0.2) is 0 Å².